The Morgan fingerprint density at radius 1 is 0.944 bits per heavy atom. The first-order valence-electron chi connectivity index (χ1n) is 7.31. The van der Waals surface area contributed by atoms with Crippen LogP contribution in [-0.4, -0.2) is 27.9 Å². The fourth-order valence-corrected chi connectivity index (χ4v) is 3.15. The Bertz CT molecular complexity index is 386. The van der Waals surface area contributed by atoms with Crippen molar-refractivity contribution in [1.29, 1.82) is 0 Å². The van der Waals surface area contributed by atoms with E-state index in [4.69, 9.17) is 5.73 Å². The maximum atomic E-state index is 6.05. The van der Waals surface area contributed by atoms with Gasteiger partial charge in [0.25, 0.3) is 0 Å². The number of nitrogens with zero attached hydrogens (tertiary/aromatic N) is 4. The average Bonchev–Trinajstić information content (AvgIpc) is 2.93. The third-order valence-corrected chi connectivity index (χ3v) is 4.21. The highest BCUT2D eigenvalue weighted by molar-refractivity contribution is 5.36. The standard InChI is InChI=1S/C13H23N5/c14-12-15-13(17-9-5-6-10-17)16-18(12)11-7-3-1-2-4-8-11/h11H,1-10H2,(H2,14,15,16). The fraction of sp³-hybridized carbons (Fsp3) is 0.846. The molecule has 2 fully saturated rings. The van der Waals surface area contributed by atoms with Gasteiger partial charge < -0.3 is 10.6 Å². The number of hydrogen-bond acceptors (Lipinski definition) is 4. The number of anilines is 2. The van der Waals surface area contributed by atoms with Crippen molar-refractivity contribution in [3.05, 3.63) is 0 Å². The molecule has 5 heteroatoms. The Morgan fingerprint density at radius 3 is 2.28 bits per heavy atom. The number of nitrogens with two attached hydrogens (primary N) is 1. The van der Waals surface area contributed by atoms with E-state index in [1.54, 1.807) is 0 Å². The van der Waals surface area contributed by atoms with Gasteiger partial charge in [-0.25, -0.2) is 4.68 Å². The Balaban J connectivity index is 1.78. The van der Waals surface area contributed by atoms with Crippen LogP contribution in [0.3, 0.4) is 0 Å². The van der Waals surface area contributed by atoms with Crippen LogP contribution in [0.2, 0.25) is 0 Å². The summed E-state index contributed by atoms with van der Waals surface area (Å²) in [5.41, 5.74) is 6.05. The van der Waals surface area contributed by atoms with Gasteiger partial charge in [-0.05, 0) is 25.7 Å². The van der Waals surface area contributed by atoms with E-state index in [1.165, 1.54) is 51.4 Å². The van der Waals surface area contributed by atoms with E-state index < -0.39 is 0 Å². The van der Waals surface area contributed by atoms with Crippen molar-refractivity contribution in [2.24, 2.45) is 0 Å². The van der Waals surface area contributed by atoms with Gasteiger partial charge in [0.2, 0.25) is 11.9 Å². The highest BCUT2D eigenvalue weighted by atomic mass is 15.5. The third-order valence-electron chi connectivity index (χ3n) is 4.21. The molecule has 0 spiro atoms. The third kappa shape index (κ3) is 2.31. The van der Waals surface area contributed by atoms with Crippen LogP contribution in [0.4, 0.5) is 11.9 Å². The Labute approximate surface area is 108 Å². The molecule has 1 aliphatic heterocycles. The molecule has 2 N–H and O–H groups in total. The number of nitrogen functional groups attached to an aromatic ring is 1. The van der Waals surface area contributed by atoms with Crippen LogP contribution in [0.15, 0.2) is 0 Å². The number of hydrogen-bond donors (Lipinski definition) is 1. The van der Waals surface area contributed by atoms with Crippen molar-refractivity contribution in [3.63, 3.8) is 0 Å². The van der Waals surface area contributed by atoms with Gasteiger partial charge in [0.1, 0.15) is 0 Å². The first-order valence-corrected chi connectivity index (χ1v) is 7.31. The van der Waals surface area contributed by atoms with Gasteiger partial charge in [-0.3, -0.25) is 0 Å². The summed E-state index contributed by atoms with van der Waals surface area (Å²) in [6, 6.07) is 0.469. The summed E-state index contributed by atoms with van der Waals surface area (Å²) in [5, 5.41) is 4.66. The molecule has 1 saturated carbocycles. The zero-order valence-corrected chi connectivity index (χ0v) is 11.0. The van der Waals surface area contributed by atoms with E-state index in [-0.39, 0.29) is 0 Å². The fourth-order valence-electron chi connectivity index (χ4n) is 3.15. The molecular weight excluding hydrogens is 226 g/mol. The summed E-state index contributed by atoms with van der Waals surface area (Å²) in [5.74, 6) is 1.44. The van der Waals surface area contributed by atoms with Gasteiger partial charge in [-0.1, -0.05) is 25.7 Å². The molecular formula is C13H23N5. The lowest BCUT2D eigenvalue weighted by Crippen LogP contribution is -2.19. The van der Waals surface area contributed by atoms with Crippen LogP contribution in [0.1, 0.15) is 57.4 Å². The van der Waals surface area contributed by atoms with Crippen molar-refractivity contribution in [1.82, 2.24) is 14.8 Å². The van der Waals surface area contributed by atoms with Crippen molar-refractivity contribution in [2.75, 3.05) is 23.7 Å². The Kier molecular flexibility index (Phi) is 3.39. The molecule has 1 aromatic heterocycles. The van der Waals surface area contributed by atoms with Crippen LogP contribution >= 0.6 is 0 Å². The van der Waals surface area contributed by atoms with Gasteiger partial charge in [0.15, 0.2) is 0 Å². The molecule has 1 aliphatic carbocycles. The molecule has 0 radical (unpaired) electrons. The monoisotopic (exact) mass is 249 g/mol. The molecule has 0 unspecified atom stereocenters. The summed E-state index contributed by atoms with van der Waals surface area (Å²) in [6.07, 6.45) is 10.2. The van der Waals surface area contributed by atoms with E-state index in [0.717, 1.165) is 19.0 Å². The van der Waals surface area contributed by atoms with Crippen molar-refractivity contribution < 1.29 is 0 Å². The first-order chi connectivity index (χ1) is 8.84. The molecule has 2 heterocycles. The maximum absolute atomic E-state index is 6.05. The smallest absolute Gasteiger partial charge is 0.246 e. The zero-order valence-electron chi connectivity index (χ0n) is 11.0. The molecule has 2 aliphatic rings. The molecule has 100 valence electrons. The lowest BCUT2D eigenvalue weighted by Gasteiger charge is -2.15. The zero-order chi connectivity index (χ0) is 12.4. The second-order valence-electron chi connectivity index (χ2n) is 5.55. The quantitative estimate of drug-likeness (QED) is 0.817. The van der Waals surface area contributed by atoms with Crippen LogP contribution < -0.4 is 10.6 Å². The molecule has 1 aromatic rings. The van der Waals surface area contributed by atoms with Gasteiger partial charge in [-0.2, -0.15) is 4.98 Å². The van der Waals surface area contributed by atoms with Gasteiger partial charge >= 0.3 is 0 Å². The van der Waals surface area contributed by atoms with Crippen LogP contribution in [0.5, 0.6) is 0 Å². The maximum Gasteiger partial charge on any atom is 0.246 e. The van der Waals surface area contributed by atoms with E-state index in [0.29, 0.717) is 12.0 Å². The van der Waals surface area contributed by atoms with Gasteiger partial charge in [0.05, 0.1) is 6.04 Å². The van der Waals surface area contributed by atoms with E-state index >= 15 is 0 Å². The molecule has 1 saturated heterocycles. The van der Waals surface area contributed by atoms with Crippen molar-refractivity contribution >= 4 is 11.9 Å². The second kappa shape index (κ2) is 5.16. The molecule has 0 bridgehead atoms. The largest absolute Gasteiger partial charge is 0.368 e. The second-order valence-corrected chi connectivity index (χ2v) is 5.55. The summed E-state index contributed by atoms with van der Waals surface area (Å²) in [7, 11) is 0. The van der Waals surface area contributed by atoms with Gasteiger partial charge in [-0.15, -0.1) is 5.10 Å². The molecule has 3 rings (SSSR count). The Hall–Kier alpha value is -1.26. The van der Waals surface area contributed by atoms with Crippen molar-refractivity contribution in [3.8, 4) is 0 Å². The van der Waals surface area contributed by atoms with E-state index in [2.05, 4.69) is 15.0 Å². The minimum absolute atomic E-state index is 0.469. The van der Waals surface area contributed by atoms with Crippen LogP contribution in [0, 0.1) is 0 Å². The molecule has 18 heavy (non-hydrogen) atoms. The predicted molar refractivity (Wildman–Crippen MR) is 72.6 cm³/mol. The minimum atomic E-state index is 0.469. The number of aromatic nitrogens is 3. The number of rotatable bonds is 2. The highest BCUT2D eigenvalue weighted by Gasteiger charge is 2.22. The van der Waals surface area contributed by atoms with Crippen molar-refractivity contribution in [2.45, 2.75) is 57.4 Å². The van der Waals surface area contributed by atoms with Gasteiger partial charge in [0, 0.05) is 13.1 Å². The predicted octanol–water partition coefficient (Wildman–Crippen LogP) is 2.36. The van der Waals surface area contributed by atoms with Crippen LogP contribution in [-0.2, 0) is 0 Å². The molecule has 5 nitrogen and oxygen atoms in total. The first kappa shape index (κ1) is 11.8. The molecule has 0 amide bonds. The molecule has 0 atom stereocenters. The van der Waals surface area contributed by atoms with E-state index in [1.807, 2.05) is 4.68 Å². The lowest BCUT2D eigenvalue weighted by atomic mass is 10.1. The summed E-state index contributed by atoms with van der Waals surface area (Å²) < 4.78 is 1.99. The lowest BCUT2D eigenvalue weighted by molar-refractivity contribution is 0.410. The Morgan fingerprint density at radius 2 is 1.61 bits per heavy atom. The SMILES string of the molecule is Nc1nc(N2CCCC2)nn1C1CCCCCC1. The summed E-state index contributed by atoms with van der Waals surface area (Å²) >= 11 is 0. The van der Waals surface area contributed by atoms with Crippen LogP contribution in [0.25, 0.3) is 0 Å². The topological polar surface area (TPSA) is 60.0 Å². The average molecular weight is 249 g/mol. The molecule has 0 aromatic carbocycles. The minimum Gasteiger partial charge on any atom is -0.368 e. The summed E-state index contributed by atoms with van der Waals surface area (Å²) in [4.78, 5) is 6.71. The normalized spacial score (nSPS) is 22.3. The summed E-state index contributed by atoms with van der Waals surface area (Å²) in [6.45, 7) is 2.16. The highest BCUT2D eigenvalue weighted by Crippen LogP contribution is 2.29. The van der Waals surface area contributed by atoms with E-state index in [9.17, 15) is 0 Å².